The van der Waals surface area contributed by atoms with Gasteiger partial charge in [-0.05, 0) is 12.1 Å². The summed E-state index contributed by atoms with van der Waals surface area (Å²) in [6.07, 6.45) is 0.819. The fourth-order valence-corrected chi connectivity index (χ4v) is 2.56. The molecule has 8 nitrogen and oxygen atoms in total. The first-order valence-electron chi connectivity index (χ1n) is 6.29. The average molecular weight is 316 g/mol. The second kappa shape index (κ2) is 6.37. The molecule has 1 aromatic carbocycles. The zero-order valence-electron chi connectivity index (χ0n) is 11.4. The fourth-order valence-electron chi connectivity index (χ4n) is 1.92. The number of benzene rings is 1. The quantitative estimate of drug-likeness (QED) is 0.633. The Kier molecular flexibility index (Phi) is 4.76. The molecule has 0 aliphatic carbocycles. The van der Waals surface area contributed by atoms with Crippen molar-refractivity contribution in [3.8, 4) is 0 Å². The van der Waals surface area contributed by atoms with Crippen molar-refractivity contribution >= 4 is 21.2 Å². The Bertz CT molecular complexity index is 625. The number of nitro groups is 1. The second-order valence-electron chi connectivity index (χ2n) is 4.66. The van der Waals surface area contributed by atoms with Crippen molar-refractivity contribution in [2.45, 2.75) is 11.0 Å². The van der Waals surface area contributed by atoms with Crippen molar-refractivity contribution in [2.75, 3.05) is 37.9 Å². The van der Waals surface area contributed by atoms with Crippen molar-refractivity contribution in [3.05, 3.63) is 28.3 Å². The van der Waals surface area contributed by atoms with Gasteiger partial charge < -0.3 is 14.8 Å². The molecule has 21 heavy (non-hydrogen) atoms. The zero-order valence-corrected chi connectivity index (χ0v) is 12.3. The van der Waals surface area contributed by atoms with Crippen molar-refractivity contribution in [1.29, 1.82) is 0 Å². The van der Waals surface area contributed by atoms with Crippen LogP contribution in [0.3, 0.4) is 0 Å². The van der Waals surface area contributed by atoms with Crippen molar-refractivity contribution in [1.82, 2.24) is 0 Å². The number of rotatable bonds is 5. The molecule has 116 valence electrons. The highest BCUT2D eigenvalue weighted by Gasteiger charge is 2.20. The highest BCUT2D eigenvalue weighted by molar-refractivity contribution is 7.90. The van der Waals surface area contributed by atoms with Gasteiger partial charge in [-0.15, -0.1) is 0 Å². The zero-order chi connectivity index (χ0) is 15.5. The molecule has 1 unspecified atom stereocenters. The Morgan fingerprint density at radius 1 is 1.43 bits per heavy atom. The van der Waals surface area contributed by atoms with Crippen LogP contribution < -0.4 is 5.32 Å². The Labute approximate surface area is 122 Å². The van der Waals surface area contributed by atoms with Crippen LogP contribution in [0.15, 0.2) is 23.1 Å². The van der Waals surface area contributed by atoms with E-state index in [1.165, 1.54) is 12.1 Å². The molecule has 1 aliphatic rings. The Hall–Kier alpha value is -1.71. The van der Waals surface area contributed by atoms with E-state index in [-0.39, 0.29) is 22.4 Å². The maximum Gasteiger partial charge on any atom is 0.293 e. The third-order valence-electron chi connectivity index (χ3n) is 3.00. The SMILES string of the molecule is CS(=O)(=O)c1ccc(NCC2COCCO2)c([N+](=O)[O-])c1. The molecule has 0 bridgehead atoms. The summed E-state index contributed by atoms with van der Waals surface area (Å²) in [5.74, 6) is 0. The summed E-state index contributed by atoms with van der Waals surface area (Å²) in [5.41, 5.74) is -0.0313. The molecule has 1 atom stereocenters. The molecule has 0 aromatic heterocycles. The molecular formula is C12H16N2O6S. The van der Waals surface area contributed by atoms with Gasteiger partial charge in [-0.25, -0.2) is 8.42 Å². The molecule has 1 aromatic rings. The van der Waals surface area contributed by atoms with E-state index in [1.807, 2.05) is 0 Å². The van der Waals surface area contributed by atoms with Gasteiger partial charge in [0, 0.05) is 18.9 Å². The van der Waals surface area contributed by atoms with Crippen molar-refractivity contribution in [3.63, 3.8) is 0 Å². The maximum atomic E-state index is 11.4. The van der Waals surface area contributed by atoms with Crippen LogP contribution in [0.5, 0.6) is 0 Å². The van der Waals surface area contributed by atoms with Gasteiger partial charge in [0.1, 0.15) is 5.69 Å². The number of nitro benzene ring substituents is 1. The lowest BCUT2D eigenvalue weighted by molar-refractivity contribution is -0.384. The summed E-state index contributed by atoms with van der Waals surface area (Å²) in [6.45, 7) is 1.79. The summed E-state index contributed by atoms with van der Waals surface area (Å²) < 4.78 is 33.5. The van der Waals surface area contributed by atoms with E-state index in [1.54, 1.807) is 0 Å². The summed E-state index contributed by atoms with van der Waals surface area (Å²) >= 11 is 0. The molecule has 2 rings (SSSR count). The lowest BCUT2D eigenvalue weighted by Gasteiger charge is -2.23. The smallest absolute Gasteiger partial charge is 0.293 e. The molecule has 0 saturated carbocycles. The van der Waals surface area contributed by atoms with E-state index in [4.69, 9.17) is 9.47 Å². The summed E-state index contributed by atoms with van der Waals surface area (Å²) in [7, 11) is -3.49. The summed E-state index contributed by atoms with van der Waals surface area (Å²) in [6, 6.07) is 3.77. The van der Waals surface area contributed by atoms with Gasteiger partial charge in [0.25, 0.3) is 5.69 Å². The second-order valence-corrected chi connectivity index (χ2v) is 6.67. The van der Waals surface area contributed by atoms with E-state index >= 15 is 0 Å². The number of hydrogen-bond donors (Lipinski definition) is 1. The van der Waals surface area contributed by atoms with Crippen molar-refractivity contribution in [2.24, 2.45) is 0 Å². The van der Waals surface area contributed by atoms with Gasteiger partial charge in [-0.1, -0.05) is 0 Å². The van der Waals surface area contributed by atoms with Crippen molar-refractivity contribution < 1.29 is 22.8 Å². The summed E-state index contributed by atoms with van der Waals surface area (Å²) in [4.78, 5) is 10.4. The molecule has 1 fully saturated rings. The molecule has 0 spiro atoms. The first kappa shape index (κ1) is 15.7. The van der Waals surface area contributed by atoms with E-state index in [0.717, 1.165) is 12.3 Å². The molecule has 1 aliphatic heterocycles. The lowest BCUT2D eigenvalue weighted by atomic mass is 10.2. The standard InChI is InChI=1S/C12H16N2O6S/c1-21(17,18)10-2-3-11(12(6-10)14(15)16)13-7-9-8-19-4-5-20-9/h2-3,6,9,13H,4-5,7-8H2,1H3. The minimum Gasteiger partial charge on any atom is -0.377 e. The number of hydrogen-bond acceptors (Lipinski definition) is 7. The van der Waals surface area contributed by atoms with Crippen LogP contribution in [0.1, 0.15) is 0 Å². The number of nitrogens with zero attached hydrogens (tertiary/aromatic N) is 1. The van der Waals surface area contributed by atoms with Gasteiger partial charge in [0.2, 0.25) is 0 Å². The monoisotopic (exact) mass is 316 g/mol. The normalized spacial score (nSPS) is 19.2. The van der Waals surface area contributed by atoms with Gasteiger partial charge in [0.15, 0.2) is 9.84 Å². The highest BCUT2D eigenvalue weighted by atomic mass is 32.2. The largest absolute Gasteiger partial charge is 0.377 e. The minimum absolute atomic E-state index is 0.0861. The van der Waals surface area contributed by atoms with E-state index in [9.17, 15) is 18.5 Å². The Balaban J connectivity index is 2.16. The Morgan fingerprint density at radius 3 is 2.76 bits per heavy atom. The Morgan fingerprint density at radius 2 is 2.19 bits per heavy atom. The molecule has 1 heterocycles. The first-order chi connectivity index (χ1) is 9.88. The summed E-state index contributed by atoms with van der Waals surface area (Å²) in [5, 5.41) is 14.0. The van der Waals surface area contributed by atoms with E-state index < -0.39 is 14.8 Å². The van der Waals surface area contributed by atoms with Gasteiger partial charge in [-0.2, -0.15) is 0 Å². The molecule has 0 amide bonds. The minimum atomic E-state index is -3.49. The predicted octanol–water partition coefficient (Wildman–Crippen LogP) is 0.826. The van der Waals surface area contributed by atoms with Crippen LogP contribution in [0.25, 0.3) is 0 Å². The highest BCUT2D eigenvalue weighted by Crippen LogP contribution is 2.27. The van der Waals surface area contributed by atoms with Crippen LogP contribution in [0, 0.1) is 10.1 Å². The molecule has 9 heteroatoms. The number of sulfone groups is 1. The molecule has 0 radical (unpaired) electrons. The third-order valence-corrected chi connectivity index (χ3v) is 4.11. The molecule has 1 N–H and O–H groups in total. The number of anilines is 1. The lowest BCUT2D eigenvalue weighted by Crippen LogP contribution is -2.34. The van der Waals surface area contributed by atoms with Crippen LogP contribution in [-0.4, -0.2) is 52.1 Å². The number of ether oxygens (including phenoxy) is 2. The first-order valence-corrected chi connectivity index (χ1v) is 8.19. The van der Waals surface area contributed by atoms with Gasteiger partial charge in [0.05, 0.1) is 35.7 Å². The van der Waals surface area contributed by atoms with Crippen LogP contribution in [0.4, 0.5) is 11.4 Å². The predicted molar refractivity (Wildman–Crippen MR) is 75.3 cm³/mol. The third kappa shape index (κ3) is 4.13. The van der Waals surface area contributed by atoms with Crippen LogP contribution in [-0.2, 0) is 19.3 Å². The van der Waals surface area contributed by atoms with Crippen LogP contribution in [0.2, 0.25) is 0 Å². The maximum absolute atomic E-state index is 11.4. The topological polar surface area (TPSA) is 108 Å². The number of nitrogens with one attached hydrogen (secondary N) is 1. The van der Waals surface area contributed by atoms with E-state index in [2.05, 4.69) is 5.32 Å². The molecular weight excluding hydrogens is 300 g/mol. The molecule has 1 saturated heterocycles. The average Bonchev–Trinajstić information content (AvgIpc) is 2.45. The van der Waals surface area contributed by atoms with Crippen LogP contribution >= 0.6 is 0 Å². The van der Waals surface area contributed by atoms with Gasteiger partial charge >= 0.3 is 0 Å². The fraction of sp³-hybridized carbons (Fsp3) is 0.500. The van der Waals surface area contributed by atoms with E-state index in [0.29, 0.717) is 26.4 Å². The van der Waals surface area contributed by atoms with Gasteiger partial charge in [-0.3, -0.25) is 10.1 Å².